The first-order valence-corrected chi connectivity index (χ1v) is 11.1. The van der Waals surface area contributed by atoms with E-state index in [2.05, 4.69) is 15.4 Å². The molecule has 0 aliphatic rings. The van der Waals surface area contributed by atoms with Crippen LogP contribution < -0.4 is 15.4 Å². The lowest BCUT2D eigenvalue weighted by molar-refractivity contribution is -0.149. The third-order valence-corrected chi connectivity index (χ3v) is 5.00. The molecule has 0 spiro atoms. The van der Waals surface area contributed by atoms with Crippen molar-refractivity contribution in [1.29, 1.82) is 0 Å². The number of carbonyl (C=O) groups is 3. The largest absolute Gasteiger partial charge is 0.454 e. The van der Waals surface area contributed by atoms with Crippen LogP contribution in [0.25, 0.3) is 0 Å². The van der Waals surface area contributed by atoms with Gasteiger partial charge >= 0.3 is 12.6 Å². The molecule has 1 atom stereocenters. The molecule has 0 aliphatic heterocycles. The number of rotatable bonds is 11. The standard InChI is InChI=1S/C21H21ClF2N2O5S/c1-32-11-10-17(26-19(28)15-4-2-3-5-16(15)22)20(29)30-12-18(27)25-13-6-8-14(9-7-13)31-21(23)24/h2-9,17,21H,10-12H2,1H3,(H,25,27)(H,26,28). The molecule has 2 aromatic carbocycles. The number of carbonyl (C=O) groups excluding carboxylic acids is 3. The fourth-order valence-corrected chi connectivity index (χ4v) is 3.21. The van der Waals surface area contributed by atoms with E-state index in [4.69, 9.17) is 16.3 Å². The molecule has 2 N–H and O–H groups in total. The molecule has 0 saturated carbocycles. The zero-order valence-electron chi connectivity index (χ0n) is 17.0. The molecule has 0 saturated heterocycles. The molecule has 1 unspecified atom stereocenters. The van der Waals surface area contributed by atoms with Crippen molar-refractivity contribution in [1.82, 2.24) is 5.32 Å². The van der Waals surface area contributed by atoms with Gasteiger partial charge in [-0.15, -0.1) is 0 Å². The maximum absolute atomic E-state index is 12.5. The second-order valence-electron chi connectivity index (χ2n) is 6.35. The smallest absolute Gasteiger partial charge is 0.387 e. The van der Waals surface area contributed by atoms with E-state index in [0.29, 0.717) is 17.9 Å². The van der Waals surface area contributed by atoms with Gasteiger partial charge in [0, 0.05) is 5.69 Å². The van der Waals surface area contributed by atoms with E-state index in [-0.39, 0.29) is 16.3 Å². The molecular formula is C21H21ClF2N2O5S. The molecule has 0 bridgehead atoms. The van der Waals surface area contributed by atoms with Gasteiger partial charge < -0.3 is 20.1 Å². The Bertz CT molecular complexity index is 931. The van der Waals surface area contributed by atoms with Crippen molar-refractivity contribution in [2.45, 2.75) is 19.1 Å². The minimum Gasteiger partial charge on any atom is -0.454 e. The molecule has 32 heavy (non-hydrogen) atoms. The molecule has 2 rings (SSSR count). The van der Waals surface area contributed by atoms with Crippen LogP contribution >= 0.6 is 23.4 Å². The van der Waals surface area contributed by atoms with Crippen LogP contribution in [0.15, 0.2) is 48.5 Å². The van der Waals surface area contributed by atoms with Crippen molar-refractivity contribution in [3.8, 4) is 5.75 Å². The number of halogens is 3. The molecule has 172 valence electrons. The molecule has 0 fully saturated rings. The first-order valence-electron chi connectivity index (χ1n) is 9.36. The SMILES string of the molecule is CSCCC(NC(=O)c1ccccc1Cl)C(=O)OCC(=O)Nc1ccc(OC(F)F)cc1. The van der Waals surface area contributed by atoms with Gasteiger partial charge in [0.2, 0.25) is 0 Å². The van der Waals surface area contributed by atoms with Crippen molar-refractivity contribution >= 4 is 46.8 Å². The van der Waals surface area contributed by atoms with E-state index in [1.54, 1.807) is 18.2 Å². The van der Waals surface area contributed by atoms with E-state index < -0.39 is 37.0 Å². The minimum absolute atomic E-state index is 0.0599. The Kier molecular flexibility index (Phi) is 10.2. The van der Waals surface area contributed by atoms with Crippen LogP contribution in [0.2, 0.25) is 5.02 Å². The number of ether oxygens (including phenoxy) is 2. The average molecular weight is 487 g/mol. The van der Waals surface area contributed by atoms with Gasteiger partial charge in [-0.2, -0.15) is 20.5 Å². The van der Waals surface area contributed by atoms with Gasteiger partial charge in [-0.1, -0.05) is 23.7 Å². The lowest BCUT2D eigenvalue weighted by atomic mass is 10.1. The Labute approximate surface area is 192 Å². The van der Waals surface area contributed by atoms with Gasteiger partial charge in [0.15, 0.2) is 6.61 Å². The number of hydrogen-bond acceptors (Lipinski definition) is 6. The summed E-state index contributed by atoms with van der Waals surface area (Å²) in [5, 5.41) is 5.29. The number of benzene rings is 2. The fraction of sp³-hybridized carbons (Fsp3) is 0.286. The third kappa shape index (κ3) is 8.35. The van der Waals surface area contributed by atoms with Gasteiger partial charge in [0.25, 0.3) is 11.8 Å². The van der Waals surface area contributed by atoms with Crippen LogP contribution in [0.3, 0.4) is 0 Å². The Hall–Kier alpha value is -2.85. The van der Waals surface area contributed by atoms with E-state index in [1.165, 1.54) is 42.1 Å². The molecule has 2 amide bonds. The summed E-state index contributed by atoms with van der Waals surface area (Å²) in [7, 11) is 0. The quantitative estimate of drug-likeness (QED) is 0.467. The predicted molar refractivity (Wildman–Crippen MR) is 118 cm³/mol. The normalized spacial score (nSPS) is 11.5. The summed E-state index contributed by atoms with van der Waals surface area (Å²) in [6, 6.07) is 10.7. The highest BCUT2D eigenvalue weighted by atomic mass is 35.5. The second-order valence-corrected chi connectivity index (χ2v) is 7.74. The number of nitrogens with one attached hydrogen (secondary N) is 2. The van der Waals surface area contributed by atoms with E-state index in [9.17, 15) is 23.2 Å². The van der Waals surface area contributed by atoms with Crippen molar-refractivity contribution < 1.29 is 32.6 Å². The van der Waals surface area contributed by atoms with E-state index in [1.807, 2.05) is 6.26 Å². The molecule has 11 heteroatoms. The van der Waals surface area contributed by atoms with Crippen molar-refractivity contribution in [3.63, 3.8) is 0 Å². The number of hydrogen-bond donors (Lipinski definition) is 2. The van der Waals surface area contributed by atoms with Crippen LogP contribution in [0.1, 0.15) is 16.8 Å². The number of anilines is 1. The molecule has 0 heterocycles. The van der Waals surface area contributed by atoms with Crippen LogP contribution in [0.4, 0.5) is 14.5 Å². The molecular weight excluding hydrogens is 466 g/mol. The predicted octanol–water partition coefficient (Wildman–Crippen LogP) is 3.97. The molecule has 2 aromatic rings. The van der Waals surface area contributed by atoms with Crippen LogP contribution in [0.5, 0.6) is 5.75 Å². The zero-order valence-corrected chi connectivity index (χ0v) is 18.6. The Balaban J connectivity index is 1.91. The van der Waals surface area contributed by atoms with Gasteiger partial charge in [0.1, 0.15) is 11.8 Å². The van der Waals surface area contributed by atoms with Crippen molar-refractivity contribution in [2.75, 3.05) is 23.9 Å². The van der Waals surface area contributed by atoms with Gasteiger partial charge in [0.05, 0.1) is 10.6 Å². The molecule has 0 aliphatic carbocycles. The van der Waals surface area contributed by atoms with Crippen molar-refractivity contribution in [3.05, 3.63) is 59.1 Å². The van der Waals surface area contributed by atoms with Gasteiger partial charge in [-0.3, -0.25) is 9.59 Å². The Morgan fingerprint density at radius 3 is 2.41 bits per heavy atom. The van der Waals surface area contributed by atoms with E-state index >= 15 is 0 Å². The molecule has 7 nitrogen and oxygen atoms in total. The Morgan fingerprint density at radius 1 is 1.09 bits per heavy atom. The summed E-state index contributed by atoms with van der Waals surface area (Å²) in [6.45, 7) is -3.54. The first kappa shape index (κ1) is 25.4. The summed E-state index contributed by atoms with van der Waals surface area (Å²) in [5.74, 6) is -1.43. The van der Waals surface area contributed by atoms with Crippen molar-refractivity contribution in [2.24, 2.45) is 0 Å². The molecule has 0 radical (unpaired) electrons. The highest BCUT2D eigenvalue weighted by Gasteiger charge is 2.24. The number of thioether (sulfide) groups is 1. The molecule has 0 aromatic heterocycles. The maximum atomic E-state index is 12.5. The number of alkyl halides is 2. The van der Waals surface area contributed by atoms with E-state index in [0.717, 1.165) is 0 Å². The summed E-state index contributed by atoms with van der Waals surface area (Å²) in [6.07, 6.45) is 2.15. The van der Waals surface area contributed by atoms with Crippen LogP contribution in [-0.4, -0.2) is 49.1 Å². The Morgan fingerprint density at radius 2 is 1.78 bits per heavy atom. The van der Waals surface area contributed by atoms with Gasteiger partial charge in [-0.05, 0) is 54.8 Å². The number of esters is 1. The van der Waals surface area contributed by atoms with Crippen LogP contribution in [0, 0.1) is 0 Å². The van der Waals surface area contributed by atoms with Crippen LogP contribution in [-0.2, 0) is 14.3 Å². The highest BCUT2D eigenvalue weighted by molar-refractivity contribution is 7.98. The first-order chi connectivity index (χ1) is 15.3. The lowest BCUT2D eigenvalue weighted by Gasteiger charge is -2.17. The summed E-state index contributed by atoms with van der Waals surface area (Å²) < 4.78 is 33.6. The lowest BCUT2D eigenvalue weighted by Crippen LogP contribution is -2.43. The number of amides is 2. The maximum Gasteiger partial charge on any atom is 0.387 e. The van der Waals surface area contributed by atoms with Gasteiger partial charge in [-0.25, -0.2) is 4.79 Å². The summed E-state index contributed by atoms with van der Waals surface area (Å²) in [4.78, 5) is 37.0. The summed E-state index contributed by atoms with van der Waals surface area (Å²) in [5.41, 5.74) is 0.520. The third-order valence-electron chi connectivity index (χ3n) is 4.03. The second kappa shape index (κ2) is 12.9. The monoisotopic (exact) mass is 486 g/mol. The zero-order chi connectivity index (χ0) is 23.5. The average Bonchev–Trinajstić information content (AvgIpc) is 2.76. The highest BCUT2D eigenvalue weighted by Crippen LogP contribution is 2.18. The summed E-state index contributed by atoms with van der Waals surface area (Å²) >= 11 is 7.50. The fourth-order valence-electron chi connectivity index (χ4n) is 2.52. The topological polar surface area (TPSA) is 93.7 Å². The minimum atomic E-state index is -2.95.